The zero-order valence-corrected chi connectivity index (χ0v) is 18.0. The lowest BCUT2D eigenvalue weighted by molar-refractivity contribution is -0.118. The third-order valence-electron chi connectivity index (χ3n) is 4.73. The van der Waals surface area contributed by atoms with E-state index in [0.717, 1.165) is 11.1 Å². The normalized spacial score (nSPS) is 13.1. The minimum absolute atomic E-state index is 0.120. The number of hydrogen-bond acceptors (Lipinski definition) is 7. The maximum atomic E-state index is 12.5. The van der Waals surface area contributed by atoms with Gasteiger partial charge in [-0.25, -0.2) is 4.98 Å². The first kappa shape index (κ1) is 20.9. The van der Waals surface area contributed by atoms with E-state index in [9.17, 15) is 9.00 Å². The highest BCUT2D eigenvalue weighted by atomic mass is 32.2. The Morgan fingerprint density at radius 1 is 1.19 bits per heavy atom. The molecule has 1 amide bonds. The van der Waals surface area contributed by atoms with Crippen molar-refractivity contribution in [3.63, 3.8) is 0 Å². The van der Waals surface area contributed by atoms with Gasteiger partial charge in [0.1, 0.15) is 17.3 Å². The first-order valence-electron chi connectivity index (χ1n) is 9.63. The summed E-state index contributed by atoms with van der Waals surface area (Å²) in [7, 11) is 0.167. The molecule has 8 nitrogen and oxygen atoms in total. The zero-order valence-electron chi connectivity index (χ0n) is 17.2. The molecule has 2 heterocycles. The number of oxazole rings is 1. The lowest BCUT2D eigenvalue weighted by Crippen LogP contribution is -2.28. The molecule has 31 heavy (non-hydrogen) atoms. The summed E-state index contributed by atoms with van der Waals surface area (Å²) < 4.78 is 34.0. The van der Waals surface area contributed by atoms with Gasteiger partial charge < -0.3 is 23.9 Å². The Morgan fingerprint density at radius 2 is 2.03 bits per heavy atom. The molecule has 1 aromatic heterocycles. The molecule has 0 spiro atoms. The number of amides is 1. The summed E-state index contributed by atoms with van der Waals surface area (Å²) in [6.07, 6.45) is 0. The summed E-state index contributed by atoms with van der Waals surface area (Å²) in [4.78, 5) is 16.7. The van der Waals surface area contributed by atoms with Gasteiger partial charge in [0.05, 0.1) is 18.6 Å². The third kappa shape index (κ3) is 5.05. The molecule has 4 rings (SSSR count). The number of benzene rings is 2. The molecule has 1 aliphatic rings. The number of carbonyl (C=O) groups is 1. The zero-order chi connectivity index (χ0) is 21.8. The second-order valence-electron chi connectivity index (χ2n) is 6.95. The van der Waals surface area contributed by atoms with Crippen LogP contribution in [0.5, 0.6) is 17.2 Å². The van der Waals surface area contributed by atoms with Crippen LogP contribution in [0.25, 0.3) is 11.5 Å². The van der Waals surface area contributed by atoms with Crippen LogP contribution in [-0.4, -0.2) is 34.8 Å². The van der Waals surface area contributed by atoms with E-state index >= 15 is 0 Å². The van der Waals surface area contributed by atoms with Gasteiger partial charge in [0, 0.05) is 22.9 Å². The fourth-order valence-electron chi connectivity index (χ4n) is 3.09. The van der Waals surface area contributed by atoms with Gasteiger partial charge in [-0.15, -0.1) is 0 Å². The molecule has 0 saturated carbocycles. The first-order chi connectivity index (χ1) is 15.0. The van der Waals surface area contributed by atoms with Gasteiger partial charge in [0.15, 0.2) is 11.5 Å². The van der Waals surface area contributed by atoms with Crippen LogP contribution >= 0.6 is 0 Å². The van der Waals surface area contributed by atoms with Gasteiger partial charge in [-0.05, 0) is 42.8 Å². The van der Waals surface area contributed by atoms with E-state index in [1.165, 1.54) is 0 Å². The van der Waals surface area contributed by atoms with Gasteiger partial charge >= 0.3 is 0 Å². The topological polar surface area (TPSA) is 99.9 Å². The van der Waals surface area contributed by atoms with Crippen molar-refractivity contribution in [2.45, 2.75) is 19.2 Å². The third-order valence-corrected chi connectivity index (χ3v) is 5.91. The van der Waals surface area contributed by atoms with Crippen molar-refractivity contribution >= 4 is 16.7 Å². The lowest BCUT2D eigenvalue weighted by Gasteiger charge is -2.06. The van der Waals surface area contributed by atoms with E-state index in [1.807, 2.05) is 36.4 Å². The van der Waals surface area contributed by atoms with E-state index in [0.29, 0.717) is 41.1 Å². The summed E-state index contributed by atoms with van der Waals surface area (Å²) in [5.41, 5.74) is 2.21. The molecule has 3 aromatic rings. The number of hydrogen-bond donors (Lipinski definition) is 1. The average Bonchev–Trinajstić information content (AvgIpc) is 3.38. The summed E-state index contributed by atoms with van der Waals surface area (Å²) in [6, 6.07) is 12.8. The largest absolute Gasteiger partial charge is 0.497 e. The van der Waals surface area contributed by atoms with Crippen molar-refractivity contribution < 1.29 is 27.6 Å². The fourth-order valence-corrected chi connectivity index (χ4v) is 4.16. The Morgan fingerprint density at radius 3 is 2.87 bits per heavy atom. The Kier molecular flexibility index (Phi) is 6.22. The molecule has 0 radical (unpaired) electrons. The maximum Gasteiger partial charge on any atom is 0.232 e. The monoisotopic (exact) mass is 442 g/mol. The van der Waals surface area contributed by atoms with Crippen LogP contribution in [0.15, 0.2) is 46.9 Å². The van der Waals surface area contributed by atoms with E-state index < -0.39 is 10.8 Å². The van der Waals surface area contributed by atoms with Crippen LogP contribution in [0.1, 0.15) is 17.0 Å². The van der Waals surface area contributed by atoms with E-state index in [2.05, 4.69) is 10.3 Å². The van der Waals surface area contributed by atoms with Crippen molar-refractivity contribution in [2.24, 2.45) is 0 Å². The number of nitrogens with one attached hydrogen (secondary N) is 1. The molecular formula is C22H22N2O6S. The molecule has 0 bridgehead atoms. The van der Waals surface area contributed by atoms with Gasteiger partial charge in [-0.1, -0.05) is 12.1 Å². The highest BCUT2D eigenvalue weighted by molar-refractivity contribution is 7.84. The van der Waals surface area contributed by atoms with Gasteiger partial charge in [0.2, 0.25) is 18.6 Å². The average molecular weight is 442 g/mol. The molecular weight excluding hydrogens is 420 g/mol. The number of aryl methyl sites for hydroxylation is 1. The van der Waals surface area contributed by atoms with Gasteiger partial charge in [-0.3, -0.25) is 9.00 Å². The molecule has 0 fully saturated rings. The summed E-state index contributed by atoms with van der Waals surface area (Å²) in [5, 5.41) is 2.78. The molecule has 0 unspecified atom stereocenters. The van der Waals surface area contributed by atoms with Crippen LogP contribution in [0, 0.1) is 6.92 Å². The molecule has 162 valence electrons. The number of carbonyl (C=O) groups excluding carboxylic acids is 1. The molecule has 1 aliphatic heterocycles. The van der Waals surface area contributed by atoms with Crippen molar-refractivity contribution in [1.82, 2.24) is 10.3 Å². The van der Waals surface area contributed by atoms with E-state index in [-0.39, 0.29) is 24.2 Å². The van der Waals surface area contributed by atoms with E-state index in [4.69, 9.17) is 18.6 Å². The fraction of sp³-hybridized carbons (Fsp3) is 0.273. The molecule has 0 aliphatic carbocycles. The number of aromatic nitrogens is 1. The predicted octanol–water partition coefficient (Wildman–Crippen LogP) is 2.95. The number of fused-ring (bicyclic) bond motifs is 1. The van der Waals surface area contributed by atoms with Crippen LogP contribution in [0.2, 0.25) is 0 Å². The number of rotatable bonds is 8. The van der Waals surface area contributed by atoms with Gasteiger partial charge in [-0.2, -0.15) is 0 Å². The maximum absolute atomic E-state index is 12.5. The van der Waals surface area contributed by atoms with Crippen LogP contribution in [0.4, 0.5) is 0 Å². The SMILES string of the molecule is COc1cccc(-c2nc(C[S@](=O)CC(=O)NCc3ccc4c(c3)OCO4)c(C)o2)c1. The van der Waals surface area contributed by atoms with Crippen LogP contribution in [0.3, 0.4) is 0 Å². The summed E-state index contributed by atoms with van der Waals surface area (Å²) in [5.74, 6) is 2.75. The minimum Gasteiger partial charge on any atom is -0.497 e. The molecule has 0 saturated heterocycles. The number of ether oxygens (including phenoxy) is 3. The second-order valence-corrected chi connectivity index (χ2v) is 8.40. The molecule has 1 N–H and O–H groups in total. The van der Waals surface area contributed by atoms with Crippen molar-refractivity contribution in [3.05, 3.63) is 59.5 Å². The standard InChI is InChI=1S/C22H22N2O6S/c1-14-18(24-22(30-14)16-4-3-5-17(9-16)27-2)11-31(26)12-21(25)23-10-15-6-7-19-20(8-15)29-13-28-19/h3-9H,10-13H2,1-2H3,(H,23,25)/t31-/m0/s1. The van der Waals surface area contributed by atoms with Gasteiger partial charge in [0.25, 0.3) is 0 Å². The Bertz CT molecular complexity index is 1130. The Balaban J connectivity index is 1.32. The second kappa shape index (κ2) is 9.22. The number of nitrogens with zero attached hydrogens (tertiary/aromatic N) is 1. The molecule has 9 heteroatoms. The smallest absolute Gasteiger partial charge is 0.232 e. The van der Waals surface area contributed by atoms with Crippen LogP contribution < -0.4 is 19.5 Å². The van der Waals surface area contributed by atoms with Crippen molar-refractivity contribution in [3.8, 4) is 28.7 Å². The van der Waals surface area contributed by atoms with E-state index in [1.54, 1.807) is 20.1 Å². The summed E-state index contributed by atoms with van der Waals surface area (Å²) in [6.45, 7) is 2.28. The predicted molar refractivity (Wildman–Crippen MR) is 114 cm³/mol. The first-order valence-corrected chi connectivity index (χ1v) is 11.1. The summed E-state index contributed by atoms with van der Waals surface area (Å²) >= 11 is 0. The number of methoxy groups -OCH3 is 1. The quantitative estimate of drug-likeness (QED) is 0.572. The Labute approximate surface area is 182 Å². The Hall–Kier alpha value is -3.33. The minimum atomic E-state index is -1.42. The highest BCUT2D eigenvalue weighted by Gasteiger charge is 2.17. The molecule has 2 aromatic carbocycles. The highest BCUT2D eigenvalue weighted by Crippen LogP contribution is 2.32. The lowest BCUT2D eigenvalue weighted by atomic mass is 10.2. The van der Waals surface area contributed by atoms with Crippen molar-refractivity contribution in [1.29, 1.82) is 0 Å². The molecule has 1 atom stereocenters. The van der Waals surface area contributed by atoms with Crippen LogP contribution in [-0.2, 0) is 27.9 Å². The van der Waals surface area contributed by atoms with Crippen molar-refractivity contribution in [2.75, 3.05) is 19.7 Å².